The van der Waals surface area contributed by atoms with E-state index in [0.29, 0.717) is 6.54 Å². The third kappa shape index (κ3) is 2.67. The molecule has 4 rings (SSSR count). The van der Waals surface area contributed by atoms with Crippen molar-refractivity contribution in [3.05, 3.63) is 29.8 Å². The van der Waals surface area contributed by atoms with Gasteiger partial charge in [-0.05, 0) is 37.3 Å². The van der Waals surface area contributed by atoms with Gasteiger partial charge in [-0.15, -0.1) is 12.4 Å². The number of amides is 1. The number of carbonyl (C=O) groups excluding carboxylic acids is 1. The molecule has 2 atom stereocenters. The van der Waals surface area contributed by atoms with Gasteiger partial charge in [0.2, 0.25) is 0 Å². The lowest BCUT2D eigenvalue weighted by Gasteiger charge is -2.26. The molecule has 1 aromatic rings. The number of para-hydroxylation sites is 1. The van der Waals surface area contributed by atoms with Crippen molar-refractivity contribution in [1.82, 2.24) is 0 Å². The molecular formula is C18H25ClN2O2. The monoisotopic (exact) mass is 336 g/mol. The number of carbonyl (C=O) groups is 1. The Bertz CT molecular complexity index is 586. The van der Waals surface area contributed by atoms with Crippen LogP contribution in [-0.2, 0) is 14.9 Å². The molecule has 2 aliphatic heterocycles. The van der Waals surface area contributed by atoms with Crippen LogP contribution in [-0.4, -0.2) is 31.2 Å². The summed E-state index contributed by atoms with van der Waals surface area (Å²) in [6, 6.07) is 8.44. The summed E-state index contributed by atoms with van der Waals surface area (Å²) in [6.07, 6.45) is 6.37. The quantitative estimate of drug-likeness (QED) is 0.903. The molecule has 1 amide bonds. The highest BCUT2D eigenvalue weighted by Crippen LogP contribution is 2.50. The minimum atomic E-state index is -0.307. The van der Waals surface area contributed by atoms with Crippen molar-refractivity contribution < 1.29 is 9.53 Å². The van der Waals surface area contributed by atoms with Gasteiger partial charge in [-0.1, -0.05) is 31.0 Å². The Morgan fingerprint density at radius 2 is 2.00 bits per heavy atom. The first-order chi connectivity index (χ1) is 10.7. The first-order valence-electron chi connectivity index (χ1n) is 8.50. The maximum atomic E-state index is 13.0. The fourth-order valence-electron chi connectivity index (χ4n) is 4.54. The van der Waals surface area contributed by atoms with E-state index in [1.165, 1.54) is 31.2 Å². The van der Waals surface area contributed by atoms with Crippen molar-refractivity contribution in [2.24, 2.45) is 5.73 Å². The fourth-order valence-corrected chi connectivity index (χ4v) is 4.54. The molecule has 5 heteroatoms. The first kappa shape index (κ1) is 16.7. The van der Waals surface area contributed by atoms with Crippen LogP contribution in [0.4, 0.5) is 5.69 Å². The van der Waals surface area contributed by atoms with E-state index >= 15 is 0 Å². The predicted molar refractivity (Wildman–Crippen MR) is 93.1 cm³/mol. The van der Waals surface area contributed by atoms with E-state index in [4.69, 9.17) is 10.5 Å². The van der Waals surface area contributed by atoms with Crippen LogP contribution in [0.2, 0.25) is 0 Å². The van der Waals surface area contributed by atoms with Gasteiger partial charge in [0.25, 0.3) is 5.91 Å². The summed E-state index contributed by atoms with van der Waals surface area (Å²) in [6.45, 7) is 1.34. The van der Waals surface area contributed by atoms with Crippen LogP contribution < -0.4 is 10.6 Å². The normalized spacial score (nSPS) is 28.0. The second-order valence-corrected chi connectivity index (χ2v) is 6.99. The van der Waals surface area contributed by atoms with Crippen molar-refractivity contribution in [3.63, 3.8) is 0 Å². The molecule has 1 aromatic carbocycles. The highest BCUT2D eigenvalue weighted by atomic mass is 35.5. The summed E-state index contributed by atoms with van der Waals surface area (Å²) in [5.74, 6) is 0.132. The number of halogens is 1. The van der Waals surface area contributed by atoms with Gasteiger partial charge >= 0.3 is 0 Å². The van der Waals surface area contributed by atoms with Gasteiger partial charge in [0, 0.05) is 24.2 Å². The average molecular weight is 337 g/mol. The van der Waals surface area contributed by atoms with Gasteiger partial charge in [-0.3, -0.25) is 4.79 Å². The molecule has 0 unspecified atom stereocenters. The molecule has 0 radical (unpaired) electrons. The van der Waals surface area contributed by atoms with E-state index in [1.807, 2.05) is 11.0 Å². The zero-order valence-corrected chi connectivity index (χ0v) is 14.2. The van der Waals surface area contributed by atoms with Crippen molar-refractivity contribution >= 4 is 24.0 Å². The number of benzene rings is 1. The van der Waals surface area contributed by atoms with Crippen LogP contribution in [0.25, 0.3) is 0 Å². The molecule has 1 spiro atoms. The number of nitrogens with zero attached hydrogens (tertiary/aromatic N) is 1. The Labute approximate surface area is 143 Å². The van der Waals surface area contributed by atoms with Crippen LogP contribution in [0.5, 0.6) is 0 Å². The number of hydrogen-bond donors (Lipinski definition) is 1. The van der Waals surface area contributed by atoms with Gasteiger partial charge in [-0.25, -0.2) is 0 Å². The van der Waals surface area contributed by atoms with Gasteiger partial charge in [0.1, 0.15) is 6.10 Å². The Morgan fingerprint density at radius 1 is 1.26 bits per heavy atom. The molecule has 2 heterocycles. The van der Waals surface area contributed by atoms with Gasteiger partial charge < -0.3 is 15.4 Å². The molecule has 126 valence electrons. The summed E-state index contributed by atoms with van der Waals surface area (Å²) < 4.78 is 5.83. The molecule has 1 aliphatic carbocycles. The first-order valence-corrected chi connectivity index (χ1v) is 8.50. The largest absolute Gasteiger partial charge is 0.364 e. The predicted octanol–water partition coefficient (Wildman–Crippen LogP) is 2.77. The molecule has 1 saturated heterocycles. The maximum Gasteiger partial charge on any atom is 0.256 e. The minimum absolute atomic E-state index is 0. The number of nitrogens with two attached hydrogens (primary N) is 1. The molecule has 23 heavy (non-hydrogen) atoms. The SMILES string of the molecule is Cl.NC[C@H]1CC[C@@H](C(=O)N2CC3(CCCC3)c3ccccc32)O1. The Morgan fingerprint density at radius 3 is 2.70 bits per heavy atom. The number of anilines is 1. The minimum Gasteiger partial charge on any atom is -0.364 e. The molecule has 1 saturated carbocycles. The van der Waals surface area contributed by atoms with E-state index in [0.717, 1.165) is 25.1 Å². The van der Waals surface area contributed by atoms with E-state index in [2.05, 4.69) is 18.2 Å². The third-order valence-corrected chi connectivity index (χ3v) is 5.70. The van der Waals surface area contributed by atoms with Crippen molar-refractivity contribution in [2.45, 2.75) is 56.1 Å². The fraction of sp³-hybridized carbons (Fsp3) is 0.611. The molecule has 3 aliphatic rings. The van der Waals surface area contributed by atoms with Crippen molar-refractivity contribution in [3.8, 4) is 0 Å². The van der Waals surface area contributed by atoms with Gasteiger partial charge in [0.15, 0.2) is 0 Å². The summed E-state index contributed by atoms with van der Waals surface area (Å²) in [5.41, 5.74) is 8.34. The number of ether oxygens (including phenoxy) is 1. The second kappa shape index (κ2) is 6.42. The maximum absolute atomic E-state index is 13.0. The molecule has 2 fully saturated rings. The van der Waals surface area contributed by atoms with E-state index in [1.54, 1.807) is 0 Å². The van der Waals surface area contributed by atoms with Crippen molar-refractivity contribution in [1.29, 1.82) is 0 Å². The average Bonchev–Trinajstić information content (AvgIpc) is 3.28. The highest BCUT2D eigenvalue weighted by molar-refractivity contribution is 5.99. The number of fused-ring (bicyclic) bond motifs is 2. The van der Waals surface area contributed by atoms with Crippen LogP contribution in [0.3, 0.4) is 0 Å². The molecule has 0 bridgehead atoms. The Hall–Kier alpha value is -1.10. The second-order valence-electron chi connectivity index (χ2n) is 6.99. The zero-order valence-electron chi connectivity index (χ0n) is 13.4. The summed E-state index contributed by atoms with van der Waals surface area (Å²) in [4.78, 5) is 15.0. The molecular weight excluding hydrogens is 312 g/mol. The zero-order chi connectivity index (χ0) is 15.2. The lowest BCUT2D eigenvalue weighted by molar-refractivity contribution is -0.129. The Balaban J connectivity index is 0.00000156. The van der Waals surface area contributed by atoms with Crippen molar-refractivity contribution in [2.75, 3.05) is 18.0 Å². The molecule has 2 N–H and O–H groups in total. The van der Waals surface area contributed by atoms with E-state index in [9.17, 15) is 4.79 Å². The third-order valence-electron chi connectivity index (χ3n) is 5.70. The summed E-state index contributed by atoms with van der Waals surface area (Å²) >= 11 is 0. The topological polar surface area (TPSA) is 55.6 Å². The van der Waals surface area contributed by atoms with Gasteiger partial charge in [0.05, 0.1) is 6.10 Å². The summed E-state index contributed by atoms with van der Waals surface area (Å²) in [5, 5.41) is 0. The van der Waals surface area contributed by atoms with E-state index in [-0.39, 0.29) is 35.9 Å². The van der Waals surface area contributed by atoms with Crippen LogP contribution in [0.15, 0.2) is 24.3 Å². The molecule has 0 aromatic heterocycles. The lowest BCUT2D eigenvalue weighted by Crippen LogP contribution is -2.41. The smallest absolute Gasteiger partial charge is 0.256 e. The van der Waals surface area contributed by atoms with Crippen LogP contribution in [0, 0.1) is 0 Å². The summed E-state index contributed by atoms with van der Waals surface area (Å²) in [7, 11) is 0. The lowest BCUT2D eigenvalue weighted by atomic mass is 9.81. The Kier molecular flexibility index (Phi) is 4.68. The van der Waals surface area contributed by atoms with Crippen LogP contribution >= 0.6 is 12.4 Å². The molecule has 4 nitrogen and oxygen atoms in total. The highest BCUT2D eigenvalue weighted by Gasteiger charge is 2.47. The standard InChI is InChI=1S/C18H24N2O2.ClH/c19-11-13-7-8-16(22-13)17(21)20-12-18(9-3-4-10-18)14-5-1-2-6-15(14)20;/h1-2,5-6,13,16H,3-4,7-12,19H2;1H/t13-,16+;/m1./s1. The number of rotatable bonds is 2. The number of hydrogen-bond acceptors (Lipinski definition) is 3. The van der Waals surface area contributed by atoms with Crippen LogP contribution in [0.1, 0.15) is 44.1 Å². The van der Waals surface area contributed by atoms with E-state index < -0.39 is 0 Å². The van der Waals surface area contributed by atoms with Gasteiger partial charge in [-0.2, -0.15) is 0 Å².